The second-order valence-electron chi connectivity index (χ2n) is 8.03. The van der Waals surface area contributed by atoms with E-state index >= 15 is 0 Å². The molecule has 0 spiro atoms. The van der Waals surface area contributed by atoms with Crippen LogP contribution in [0.5, 0.6) is 0 Å². The van der Waals surface area contributed by atoms with E-state index in [1.807, 2.05) is 44.1 Å². The molecule has 1 amide bonds. The predicted molar refractivity (Wildman–Crippen MR) is 104 cm³/mol. The van der Waals surface area contributed by atoms with Crippen molar-refractivity contribution >= 4 is 5.91 Å². The van der Waals surface area contributed by atoms with Gasteiger partial charge in [-0.1, -0.05) is 24.3 Å². The molecule has 1 fully saturated rings. The van der Waals surface area contributed by atoms with Crippen molar-refractivity contribution in [1.29, 1.82) is 0 Å². The molecule has 1 heterocycles. The first-order valence-corrected chi connectivity index (χ1v) is 9.32. The number of hydrogen-bond donors (Lipinski definition) is 1. The Kier molecular flexibility index (Phi) is 5.19. The molecule has 1 aliphatic rings. The molecule has 3 rings (SSSR count). The van der Waals surface area contributed by atoms with E-state index in [0.717, 1.165) is 36.2 Å². The molecule has 1 atom stereocenters. The summed E-state index contributed by atoms with van der Waals surface area (Å²) in [4.78, 5) is 14.9. The fourth-order valence-electron chi connectivity index (χ4n) is 3.64. The van der Waals surface area contributed by atoms with Crippen molar-refractivity contribution in [1.82, 2.24) is 20.0 Å². The molecule has 0 unspecified atom stereocenters. The third-order valence-electron chi connectivity index (χ3n) is 5.43. The number of aromatic nitrogens is 2. The summed E-state index contributed by atoms with van der Waals surface area (Å²) >= 11 is 0. The Bertz CT molecular complexity index is 789. The zero-order chi connectivity index (χ0) is 18.9. The van der Waals surface area contributed by atoms with Crippen LogP contribution in [0.4, 0.5) is 0 Å². The number of nitrogens with one attached hydrogen (secondary N) is 1. The zero-order valence-corrected chi connectivity index (χ0v) is 16.5. The largest absolute Gasteiger partial charge is 0.354 e. The van der Waals surface area contributed by atoms with Crippen LogP contribution in [0.1, 0.15) is 41.4 Å². The molecule has 1 saturated carbocycles. The van der Waals surface area contributed by atoms with Crippen LogP contribution in [0.3, 0.4) is 0 Å². The Hall–Kier alpha value is -2.14. The van der Waals surface area contributed by atoms with Crippen LogP contribution in [-0.2, 0) is 11.3 Å². The van der Waals surface area contributed by atoms with E-state index in [2.05, 4.69) is 41.1 Å². The number of hydrogen-bond acceptors (Lipinski definition) is 3. The molecule has 5 heteroatoms. The molecule has 1 aromatic heterocycles. The summed E-state index contributed by atoms with van der Waals surface area (Å²) < 4.78 is 2.08. The van der Waals surface area contributed by atoms with Crippen molar-refractivity contribution in [2.75, 3.05) is 20.6 Å². The molecule has 1 aromatic carbocycles. The van der Waals surface area contributed by atoms with Crippen LogP contribution in [0.2, 0.25) is 0 Å². The van der Waals surface area contributed by atoms with E-state index in [4.69, 9.17) is 0 Å². The lowest BCUT2D eigenvalue weighted by atomic mass is 9.99. The smallest absolute Gasteiger partial charge is 0.241 e. The Morgan fingerprint density at radius 2 is 1.96 bits per heavy atom. The first-order chi connectivity index (χ1) is 12.3. The van der Waals surface area contributed by atoms with Crippen LogP contribution in [-0.4, -0.2) is 41.2 Å². The topological polar surface area (TPSA) is 50.2 Å². The summed E-state index contributed by atoms with van der Waals surface area (Å²) in [5.74, 6) is 0.0731. The van der Waals surface area contributed by atoms with E-state index in [-0.39, 0.29) is 17.4 Å². The summed E-state index contributed by atoms with van der Waals surface area (Å²) in [7, 11) is 3.92. The molecule has 5 nitrogen and oxygen atoms in total. The average Bonchev–Trinajstić information content (AvgIpc) is 3.26. The van der Waals surface area contributed by atoms with Crippen molar-refractivity contribution < 1.29 is 4.79 Å². The van der Waals surface area contributed by atoms with Gasteiger partial charge in [0, 0.05) is 24.2 Å². The van der Waals surface area contributed by atoms with E-state index in [1.165, 1.54) is 5.69 Å². The number of carbonyl (C=O) groups is 1. The highest BCUT2D eigenvalue weighted by molar-refractivity contribution is 5.83. The molecule has 26 heavy (non-hydrogen) atoms. The number of likely N-dealkylation sites (N-methyl/N-ethyl adjacent to an activating group) is 1. The molecule has 0 aliphatic heterocycles. The van der Waals surface area contributed by atoms with Gasteiger partial charge in [-0.2, -0.15) is 5.10 Å². The van der Waals surface area contributed by atoms with Gasteiger partial charge in [-0.05, 0) is 64.9 Å². The highest BCUT2D eigenvalue weighted by Crippen LogP contribution is 2.46. The molecule has 0 bridgehead atoms. The Morgan fingerprint density at radius 1 is 1.27 bits per heavy atom. The number of aryl methyl sites for hydroxylation is 3. The van der Waals surface area contributed by atoms with Crippen molar-refractivity contribution in [3.8, 4) is 0 Å². The zero-order valence-electron chi connectivity index (χ0n) is 16.5. The minimum atomic E-state index is -0.263. The van der Waals surface area contributed by atoms with Gasteiger partial charge in [0.05, 0.1) is 5.69 Å². The van der Waals surface area contributed by atoms with Crippen LogP contribution >= 0.6 is 0 Å². The molecule has 1 aliphatic carbocycles. The van der Waals surface area contributed by atoms with Gasteiger partial charge in [0.2, 0.25) is 5.91 Å². The fourth-order valence-corrected chi connectivity index (χ4v) is 3.64. The standard InChI is InChI=1S/C21H30N4O/c1-15-8-6-7-9-18(15)19(24(4)5)20(26)22-13-21(10-11-21)14-25-17(3)12-16(2)23-25/h6-9,12,19H,10-11,13-14H2,1-5H3,(H,22,26)/t19-/m0/s1. The van der Waals surface area contributed by atoms with Gasteiger partial charge in [-0.15, -0.1) is 0 Å². The number of benzene rings is 1. The van der Waals surface area contributed by atoms with Crippen LogP contribution < -0.4 is 5.32 Å². The maximum Gasteiger partial charge on any atom is 0.241 e. The van der Waals surface area contributed by atoms with Gasteiger partial charge in [0.1, 0.15) is 6.04 Å². The molecule has 1 N–H and O–H groups in total. The number of nitrogens with zero attached hydrogens (tertiary/aromatic N) is 3. The normalized spacial score (nSPS) is 16.5. The van der Waals surface area contributed by atoms with Crippen LogP contribution in [0.15, 0.2) is 30.3 Å². The second-order valence-corrected chi connectivity index (χ2v) is 8.03. The lowest BCUT2D eigenvalue weighted by molar-refractivity contribution is -0.126. The minimum Gasteiger partial charge on any atom is -0.354 e. The molecule has 140 valence electrons. The van der Waals surface area contributed by atoms with Gasteiger partial charge in [0.15, 0.2) is 0 Å². The molecule has 2 aromatic rings. The van der Waals surface area contributed by atoms with Gasteiger partial charge in [-0.25, -0.2) is 0 Å². The number of amides is 1. The third kappa shape index (κ3) is 3.98. The summed E-state index contributed by atoms with van der Waals surface area (Å²) in [5, 5.41) is 7.80. The van der Waals surface area contributed by atoms with Crippen molar-refractivity contribution in [3.05, 3.63) is 52.8 Å². The maximum absolute atomic E-state index is 13.0. The van der Waals surface area contributed by atoms with Gasteiger partial charge >= 0.3 is 0 Å². The number of carbonyl (C=O) groups excluding carboxylic acids is 1. The first kappa shape index (κ1) is 18.6. The van der Waals surface area contributed by atoms with E-state index in [0.29, 0.717) is 6.54 Å². The second kappa shape index (κ2) is 7.23. The fraction of sp³-hybridized carbons (Fsp3) is 0.524. The monoisotopic (exact) mass is 354 g/mol. The minimum absolute atomic E-state index is 0.0731. The highest BCUT2D eigenvalue weighted by Gasteiger charge is 2.44. The van der Waals surface area contributed by atoms with Crippen molar-refractivity contribution in [2.24, 2.45) is 5.41 Å². The highest BCUT2D eigenvalue weighted by atomic mass is 16.2. The average molecular weight is 354 g/mol. The summed E-state index contributed by atoms with van der Waals surface area (Å²) in [6, 6.07) is 9.95. The SMILES string of the molecule is Cc1cc(C)n(CC2(CNC(=O)[C@H](c3ccccc3C)N(C)C)CC2)n1. The van der Waals surface area contributed by atoms with E-state index in [1.54, 1.807) is 0 Å². The lowest BCUT2D eigenvalue weighted by Gasteiger charge is -2.26. The van der Waals surface area contributed by atoms with Gasteiger partial charge < -0.3 is 5.32 Å². The third-order valence-corrected chi connectivity index (χ3v) is 5.43. The molecular weight excluding hydrogens is 324 g/mol. The predicted octanol–water partition coefficient (Wildman–Crippen LogP) is 3.01. The van der Waals surface area contributed by atoms with Crippen LogP contribution in [0.25, 0.3) is 0 Å². The Balaban J connectivity index is 1.67. The van der Waals surface area contributed by atoms with Gasteiger partial charge in [-0.3, -0.25) is 14.4 Å². The molecular formula is C21H30N4O. The summed E-state index contributed by atoms with van der Waals surface area (Å²) in [6.07, 6.45) is 2.28. The quantitative estimate of drug-likeness (QED) is 0.831. The number of rotatable bonds is 7. The molecule has 0 saturated heterocycles. The van der Waals surface area contributed by atoms with Crippen LogP contribution in [0, 0.1) is 26.2 Å². The van der Waals surface area contributed by atoms with E-state index in [9.17, 15) is 4.79 Å². The first-order valence-electron chi connectivity index (χ1n) is 9.32. The Morgan fingerprint density at radius 3 is 2.50 bits per heavy atom. The van der Waals surface area contributed by atoms with Crippen molar-refractivity contribution in [3.63, 3.8) is 0 Å². The maximum atomic E-state index is 13.0. The summed E-state index contributed by atoms with van der Waals surface area (Å²) in [5.41, 5.74) is 4.60. The van der Waals surface area contributed by atoms with Crippen molar-refractivity contribution in [2.45, 2.75) is 46.2 Å². The van der Waals surface area contributed by atoms with Gasteiger partial charge in [0.25, 0.3) is 0 Å². The Labute approximate surface area is 156 Å². The van der Waals surface area contributed by atoms with E-state index < -0.39 is 0 Å². The molecule has 0 radical (unpaired) electrons. The summed E-state index contributed by atoms with van der Waals surface area (Å²) in [6.45, 7) is 7.76. The lowest BCUT2D eigenvalue weighted by Crippen LogP contribution is -2.40.